The second-order valence-electron chi connectivity index (χ2n) is 7.99. The Morgan fingerprint density at radius 2 is 1.97 bits per heavy atom. The fourth-order valence-electron chi connectivity index (χ4n) is 3.68. The van der Waals surface area contributed by atoms with Crippen molar-refractivity contribution >= 4 is 11.9 Å². The van der Waals surface area contributed by atoms with Crippen molar-refractivity contribution in [3.8, 4) is 11.5 Å². The van der Waals surface area contributed by atoms with E-state index in [1.54, 1.807) is 12.4 Å². The number of carbonyl (C=O) groups excluding carboxylic acids is 1. The molecule has 0 aliphatic carbocycles. The predicted molar refractivity (Wildman–Crippen MR) is 112 cm³/mol. The van der Waals surface area contributed by atoms with E-state index in [2.05, 4.69) is 15.3 Å². The molecule has 2 fully saturated rings. The monoisotopic (exact) mass is 412 g/mol. The van der Waals surface area contributed by atoms with Gasteiger partial charge in [0.2, 0.25) is 5.95 Å². The third-order valence-corrected chi connectivity index (χ3v) is 5.33. The second kappa shape index (κ2) is 8.47. The first-order chi connectivity index (χ1) is 14.5. The van der Waals surface area contributed by atoms with Gasteiger partial charge in [0.15, 0.2) is 0 Å². The number of nitrogens with zero attached hydrogens (tertiary/aromatic N) is 3. The Hall–Kier alpha value is -2.87. The van der Waals surface area contributed by atoms with E-state index >= 15 is 0 Å². The molecule has 8 nitrogen and oxygen atoms in total. The summed E-state index contributed by atoms with van der Waals surface area (Å²) in [4.78, 5) is 23.2. The summed E-state index contributed by atoms with van der Waals surface area (Å²) in [5.74, 6) is 1.96. The van der Waals surface area contributed by atoms with Crippen LogP contribution in [0.25, 0.3) is 0 Å². The maximum atomic E-state index is 12.7. The van der Waals surface area contributed by atoms with Crippen molar-refractivity contribution in [1.82, 2.24) is 14.9 Å². The number of likely N-dealkylation sites (tertiary alicyclic amines) is 1. The zero-order valence-electron chi connectivity index (χ0n) is 17.7. The normalized spacial score (nSPS) is 16.7. The first-order valence-electron chi connectivity index (χ1n) is 10.4. The van der Waals surface area contributed by atoms with Gasteiger partial charge in [-0.15, -0.1) is 0 Å². The van der Waals surface area contributed by atoms with Gasteiger partial charge in [-0.2, -0.15) is 0 Å². The third kappa shape index (κ3) is 4.18. The molecule has 0 unspecified atom stereocenters. The highest BCUT2D eigenvalue weighted by atomic mass is 16.5. The molecule has 0 atom stereocenters. The van der Waals surface area contributed by atoms with Crippen LogP contribution in [0, 0.1) is 0 Å². The van der Waals surface area contributed by atoms with Crippen molar-refractivity contribution in [2.75, 3.05) is 31.7 Å². The fraction of sp³-hybridized carbons (Fsp3) is 0.500. The highest BCUT2D eigenvalue weighted by Crippen LogP contribution is 2.38. The van der Waals surface area contributed by atoms with Gasteiger partial charge < -0.3 is 24.4 Å². The average molecular weight is 412 g/mol. The maximum Gasteiger partial charge on any atom is 0.257 e. The number of hydrogen-bond donors (Lipinski definition) is 1. The van der Waals surface area contributed by atoms with Crippen molar-refractivity contribution in [3.63, 3.8) is 0 Å². The van der Waals surface area contributed by atoms with Gasteiger partial charge in [0.25, 0.3) is 5.91 Å². The number of ether oxygens (including phenoxy) is 3. The van der Waals surface area contributed by atoms with Gasteiger partial charge in [-0.1, -0.05) is 0 Å². The molecule has 3 heterocycles. The summed E-state index contributed by atoms with van der Waals surface area (Å²) in [5.41, 5.74) is 1.40. The van der Waals surface area contributed by atoms with Crippen LogP contribution in [0.3, 0.4) is 0 Å². The molecule has 1 N–H and O–H groups in total. The van der Waals surface area contributed by atoms with Gasteiger partial charge >= 0.3 is 0 Å². The molecule has 0 bridgehead atoms. The summed E-state index contributed by atoms with van der Waals surface area (Å²) in [6.07, 6.45) is 4.23. The van der Waals surface area contributed by atoms with Crippen molar-refractivity contribution < 1.29 is 19.0 Å². The van der Waals surface area contributed by atoms with Gasteiger partial charge in [0.05, 0.1) is 37.0 Å². The molecule has 1 aromatic heterocycles. The molecule has 2 aromatic rings. The predicted octanol–water partition coefficient (Wildman–Crippen LogP) is 2.89. The van der Waals surface area contributed by atoms with Gasteiger partial charge in [0.1, 0.15) is 11.5 Å². The van der Waals surface area contributed by atoms with Gasteiger partial charge in [0, 0.05) is 31.5 Å². The number of carbonyl (C=O) groups is 1. The van der Waals surface area contributed by atoms with Crippen LogP contribution in [0.2, 0.25) is 0 Å². The highest BCUT2D eigenvalue weighted by Gasteiger charge is 2.53. The minimum atomic E-state index is -0.0880. The number of amides is 1. The number of hydrogen-bond acceptors (Lipinski definition) is 7. The Morgan fingerprint density at radius 1 is 1.23 bits per heavy atom. The summed E-state index contributed by atoms with van der Waals surface area (Å²) in [6.45, 7) is 9.04. The van der Waals surface area contributed by atoms with Crippen LogP contribution in [0.15, 0.2) is 30.6 Å². The minimum Gasteiger partial charge on any atom is -0.494 e. The Labute approximate surface area is 176 Å². The van der Waals surface area contributed by atoms with Crippen LogP contribution < -0.4 is 14.8 Å². The molecule has 160 valence electrons. The van der Waals surface area contributed by atoms with E-state index in [0.717, 1.165) is 30.0 Å². The van der Waals surface area contributed by atoms with Crippen LogP contribution in [-0.4, -0.2) is 58.8 Å². The van der Waals surface area contributed by atoms with Crippen LogP contribution in [0.1, 0.15) is 43.1 Å². The molecular weight excluding hydrogens is 384 g/mol. The molecule has 4 rings (SSSR count). The Morgan fingerprint density at radius 3 is 2.53 bits per heavy atom. The summed E-state index contributed by atoms with van der Waals surface area (Å²) in [7, 11) is 0. The van der Waals surface area contributed by atoms with Crippen molar-refractivity contribution in [2.24, 2.45) is 0 Å². The molecule has 1 spiro atoms. The van der Waals surface area contributed by atoms with E-state index in [1.807, 2.05) is 43.9 Å². The zero-order chi connectivity index (χ0) is 21.1. The lowest BCUT2D eigenvalue weighted by molar-refractivity contribution is -0.172. The number of anilines is 1. The summed E-state index contributed by atoms with van der Waals surface area (Å²) in [6, 6.07) is 5.82. The minimum absolute atomic E-state index is 0.0315. The molecule has 1 amide bonds. The van der Waals surface area contributed by atoms with E-state index in [0.29, 0.717) is 37.9 Å². The first-order valence-corrected chi connectivity index (χ1v) is 10.4. The lowest BCUT2D eigenvalue weighted by Crippen LogP contribution is -2.72. The summed E-state index contributed by atoms with van der Waals surface area (Å²) in [5, 5.41) is 3.19. The standard InChI is InChI=1S/C22H28N4O4/c1-4-29-18-7-16(8-19(9-18)30-15(2)3)10-23-21-24-11-17(12-25-21)20(27)26-6-5-22(26)13-28-14-22/h7-9,11-12,15H,4-6,10,13-14H2,1-3H3,(H,23,24,25). The SMILES string of the molecule is CCOc1cc(CNc2ncc(C(=O)N3CCC34COC4)cn2)cc(OC(C)C)c1. The van der Waals surface area contributed by atoms with Crippen molar-refractivity contribution in [2.45, 2.75) is 45.4 Å². The van der Waals surface area contributed by atoms with E-state index < -0.39 is 0 Å². The number of aromatic nitrogens is 2. The lowest BCUT2D eigenvalue weighted by atomic mass is 9.82. The molecule has 30 heavy (non-hydrogen) atoms. The molecule has 0 radical (unpaired) electrons. The van der Waals surface area contributed by atoms with Gasteiger partial charge in [-0.25, -0.2) is 9.97 Å². The number of nitrogens with one attached hydrogen (secondary N) is 1. The van der Waals surface area contributed by atoms with E-state index in [9.17, 15) is 4.79 Å². The molecule has 0 saturated carbocycles. The quantitative estimate of drug-likeness (QED) is 0.713. The molecule has 8 heteroatoms. The van der Waals surface area contributed by atoms with Crippen molar-refractivity contribution in [3.05, 3.63) is 41.7 Å². The molecular formula is C22H28N4O4. The summed E-state index contributed by atoms with van der Waals surface area (Å²) >= 11 is 0. The van der Waals surface area contributed by atoms with Crippen LogP contribution >= 0.6 is 0 Å². The van der Waals surface area contributed by atoms with E-state index in [4.69, 9.17) is 14.2 Å². The summed E-state index contributed by atoms with van der Waals surface area (Å²) < 4.78 is 16.7. The maximum absolute atomic E-state index is 12.7. The topological polar surface area (TPSA) is 85.8 Å². The van der Waals surface area contributed by atoms with Gasteiger partial charge in [-0.05, 0) is 44.9 Å². The van der Waals surface area contributed by atoms with Crippen molar-refractivity contribution in [1.29, 1.82) is 0 Å². The first kappa shape index (κ1) is 20.4. The van der Waals surface area contributed by atoms with Crippen LogP contribution in [0.4, 0.5) is 5.95 Å². The number of benzene rings is 1. The highest BCUT2D eigenvalue weighted by molar-refractivity contribution is 5.95. The molecule has 2 aliphatic heterocycles. The second-order valence-corrected chi connectivity index (χ2v) is 7.99. The van der Waals surface area contributed by atoms with E-state index in [-0.39, 0.29) is 17.6 Å². The smallest absolute Gasteiger partial charge is 0.257 e. The van der Waals surface area contributed by atoms with Gasteiger partial charge in [-0.3, -0.25) is 4.79 Å². The fourth-order valence-corrected chi connectivity index (χ4v) is 3.68. The average Bonchev–Trinajstić information content (AvgIpc) is 2.64. The molecule has 2 aliphatic rings. The largest absolute Gasteiger partial charge is 0.494 e. The molecule has 2 saturated heterocycles. The zero-order valence-corrected chi connectivity index (χ0v) is 17.7. The van der Waals surface area contributed by atoms with Crippen LogP contribution in [-0.2, 0) is 11.3 Å². The third-order valence-electron chi connectivity index (χ3n) is 5.33. The van der Waals surface area contributed by atoms with Crippen LogP contribution in [0.5, 0.6) is 11.5 Å². The Bertz CT molecular complexity index is 891. The molecule has 1 aromatic carbocycles. The van der Waals surface area contributed by atoms with E-state index in [1.165, 1.54) is 0 Å². The lowest BCUT2D eigenvalue weighted by Gasteiger charge is -2.57. The Balaban J connectivity index is 1.39. The Kier molecular flexibility index (Phi) is 5.76. The number of rotatable bonds is 8.